The fourth-order valence-electron chi connectivity index (χ4n) is 3.65. The zero-order valence-corrected chi connectivity index (χ0v) is 18.6. The molecule has 8 nitrogen and oxygen atoms in total. The normalized spacial score (nSPS) is 11.2. The Morgan fingerprint density at radius 3 is 2.67 bits per heavy atom. The number of nitrogens with zero attached hydrogens (tertiary/aromatic N) is 2. The van der Waals surface area contributed by atoms with Crippen LogP contribution >= 0.6 is 11.8 Å². The van der Waals surface area contributed by atoms with Crippen molar-refractivity contribution in [2.75, 3.05) is 17.7 Å². The van der Waals surface area contributed by atoms with E-state index in [1.165, 1.54) is 11.8 Å². The van der Waals surface area contributed by atoms with Crippen LogP contribution in [0, 0.1) is 0 Å². The lowest BCUT2D eigenvalue weighted by molar-refractivity contribution is -0.113. The minimum Gasteiger partial charge on any atom is -0.494 e. The van der Waals surface area contributed by atoms with E-state index >= 15 is 0 Å². The van der Waals surface area contributed by atoms with Crippen LogP contribution in [0.3, 0.4) is 0 Å². The molecule has 2 aromatic heterocycles. The highest BCUT2D eigenvalue weighted by atomic mass is 32.2. The predicted octanol–water partition coefficient (Wildman–Crippen LogP) is 4.32. The molecule has 33 heavy (non-hydrogen) atoms. The van der Waals surface area contributed by atoms with Crippen LogP contribution < -0.4 is 15.7 Å². The number of para-hydroxylation sites is 2. The second-order valence-corrected chi connectivity index (χ2v) is 8.26. The summed E-state index contributed by atoms with van der Waals surface area (Å²) in [5.41, 5.74) is 4.43. The summed E-state index contributed by atoms with van der Waals surface area (Å²) in [4.78, 5) is 34.2. The van der Waals surface area contributed by atoms with Crippen molar-refractivity contribution in [3.8, 4) is 11.4 Å². The van der Waals surface area contributed by atoms with Crippen molar-refractivity contribution in [1.82, 2.24) is 19.5 Å². The number of H-pyrrole nitrogens is 2. The molecule has 5 rings (SSSR count). The zero-order chi connectivity index (χ0) is 22.8. The Kier molecular flexibility index (Phi) is 5.62. The number of carbonyl (C=O) groups excluding carboxylic acids is 1. The Morgan fingerprint density at radius 1 is 1.06 bits per heavy atom. The Morgan fingerprint density at radius 2 is 1.85 bits per heavy atom. The summed E-state index contributed by atoms with van der Waals surface area (Å²) < 4.78 is 7.60. The van der Waals surface area contributed by atoms with Gasteiger partial charge in [-0.15, -0.1) is 0 Å². The molecule has 3 N–H and O–H groups in total. The first-order chi connectivity index (χ1) is 16.1. The number of aromatic amines is 2. The minimum atomic E-state index is -0.280. The first kappa shape index (κ1) is 20.9. The van der Waals surface area contributed by atoms with Crippen LogP contribution in [0.4, 0.5) is 5.69 Å². The van der Waals surface area contributed by atoms with Gasteiger partial charge < -0.3 is 20.0 Å². The van der Waals surface area contributed by atoms with Crippen LogP contribution in [-0.4, -0.2) is 37.8 Å². The van der Waals surface area contributed by atoms with Gasteiger partial charge in [0.15, 0.2) is 5.16 Å². The summed E-state index contributed by atoms with van der Waals surface area (Å²) in [6, 6.07) is 20.9. The number of aromatic nitrogens is 4. The first-order valence-corrected chi connectivity index (χ1v) is 11.4. The van der Waals surface area contributed by atoms with E-state index in [9.17, 15) is 9.59 Å². The Labute approximate surface area is 193 Å². The van der Waals surface area contributed by atoms with Gasteiger partial charge in [-0.2, -0.15) is 0 Å². The fraction of sp³-hybridized carbons (Fsp3) is 0.125. The number of hydrogen-bond acceptors (Lipinski definition) is 5. The molecule has 0 bridgehead atoms. The number of benzene rings is 3. The number of carbonyl (C=O) groups is 1. The van der Waals surface area contributed by atoms with Gasteiger partial charge in [0.1, 0.15) is 5.75 Å². The van der Waals surface area contributed by atoms with Gasteiger partial charge in [-0.1, -0.05) is 23.9 Å². The molecule has 0 aliphatic rings. The van der Waals surface area contributed by atoms with Crippen LogP contribution in [-0.2, 0) is 4.79 Å². The molecule has 0 aliphatic carbocycles. The summed E-state index contributed by atoms with van der Waals surface area (Å²) in [5.74, 6) is 0.824. The number of fused-ring (bicyclic) bond motifs is 2. The smallest absolute Gasteiger partial charge is 0.323 e. The van der Waals surface area contributed by atoms with Crippen LogP contribution in [0.5, 0.6) is 5.75 Å². The van der Waals surface area contributed by atoms with Gasteiger partial charge in [0.2, 0.25) is 5.91 Å². The van der Waals surface area contributed by atoms with Gasteiger partial charge in [0, 0.05) is 11.4 Å². The van der Waals surface area contributed by atoms with Crippen LogP contribution in [0.25, 0.3) is 27.8 Å². The molecule has 0 spiro atoms. The maximum absolute atomic E-state index is 12.6. The number of hydrogen-bond donors (Lipinski definition) is 3. The van der Waals surface area contributed by atoms with E-state index in [1.54, 1.807) is 18.2 Å². The Bertz CT molecular complexity index is 1500. The SMILES string of the molecule is CCOc1ccc(-n2c(SCC(=O)Nc3ccc4[nH]c(=O)[nH]c4c3)nc3ccccc32)cc1. The van der Waals surface area contributed by atoms with Crippen molar-refractivity contribution in [2.24, 2.45) is 0 Å². The molecule has 0 atom stereocenters. The van der Waals surface area contributed by atoms with Crippen LogP contribution in [0.1, 0.15) is 6.92 Å². The zero-order valence-electron chi connectivity index (χ0n) is 17.8. The quantitative estimate of drug-likeness (QED) is 0.314. The summed E-state index contributed by atoms with van der Waals surface area (Å²) in [6.07, 6.45) is 0. The molecule has 0 fully saturated rings. The van der Waals surface area contributed by atoms with E-state index in [4.69, 9.17) is 9.72 Å². The topological polar surface area (TPSA) is 105 Å². The van der Waals surface area contributed by atoms with Crippen molar-refractivity contribution in [3.63, 3.8) is 0 Å². The van der Waals surface area contributed by atoms with E-state index in [2.05, 4.69) is 15.3 Å². The number of anilines is 1. The van der Waals surface area contributed by atoms with Crippen molar-refractivity contribution >= 4 is 45.4 Å². The van der Waals surface area contributed by atoms with E-state index in [0.29, 0.717) is 23.3 Å². The minimum absolute atomic E-state index is 0.164. The molecule has 9 heteroatoms. The molecule has 0 aliphatic heterocycles. The molecular weight excluding hydrogens is 438 g/mol. The number of thioether (sulfide) groups is 1. The van der Waals surface area contributed by atoms with Crippen molar-refractivity contribution < 1.29 is 9.53 Å². The summed E-state index contributed by atoms with van der Waals surface area (Å²) >= 11 is 1.36. The maximum atomic E-state index is 12.6. The standard InChI is InChI=1S/C24H21N5O3S/c1-2-32-17-10-8-16(9-11-17)29-21-6-4-3-5-19(21)28-24(29)33-14-22(30)25-15-7-12-18-20(13-15)27-23(31)26-18/h3-13H,2,14H2,1H3,(H,25,30)(H2,26,27,31). The lowest BCUT2D eigenvalue weighted by Gasteiger charge is -2.10. The highest BCUT2D eigenvalue weighted by molar-refractivity contribution is 7.99. The predicted molar refractivity (Wildman–Crippen MR) is 131 cm³/mol. The number of amides is 1. The van der Waals surface area contributed by atoms with Crippen molar-refractivity contribution in [2.45, 2.75) is 12.1 Å². The van der Waals surface area contributed by atoms with E-state index in [-0.39, 0.29) is 17.3 Å². The lowest BCUT2D eigenvalue weighted by atomic mass is 10.2. The van der Waals surface area contributed by atoms with Crippen molar-refractivity contribution in [1.29, 1.82) is 0 Å². The van der Waals surface area contributed by atoms with E-state index in [1.807, 2.05) is 60.0 Å². The third kappa shape index (κ3) is 4.35. The van der Waals surface area contributed by atoms with Crippen LogP contribution in [0.2, 0.25) is 0 Å². The van der Waals surface area contributed by atoms with Gasteiger partial charge in [0.25, 0.3) is 0 Å². The molecule has 2 heterocycles. The number of imidazole rings is 2. The van der Waals surface area contributed by atoms with Gasteiger partial charge in [-0.05, 0) is 61.5 Å². The summed E-state index contributed by atoms with van der Waals surface area (Å²) in [7, 11) is 0. The third-order valence-electron chi connectivity index (χ3n) is 5.07. The lowest BCUT2D eigenvalue weighted by Crippen LogP contribution is -2.14. The van der Waals surface area contributed by atoms with Crippen LogP contribution in [0.15, 0.2) is 76.7 Å². The third-order valence-corrected chi connectivity index (χ3v) is 6.01. The van der Waals surface area contributed by atoms with E-state index in [0.717, 1.165) is 27.6 Å². The summed E-state index contributed by atoms with van der Waals surface area (Å²) in [5, 5.41) is 3.60. The highest BCUT2D eigenvalue weighted by Gasteiger charge is 2.15. The second-order valence-electron chi connectivity index (χ2n) is 7.32. The Hall–Kier alpha value is -3.98. The Balaban J connectivity index is 1.37. The molecule has 3 aromatic carbocycles. The fourth-order valence-corrected chi connectivity index (χ4v) is 4.47. The van der Waals surface area contributed by atoms with Gasteiger partial charge in [-0.25, -0.2) is 9.78 Å². The molecule has 5 aromatic rings. The van der Waals surface area contributed by atoms with Gasteiger partial charge in [-0.3, -0.25) is 9.36 Å². The molecule has 0 radical (unpaired) electrons. The summed E-state index contributed by atoms with van der Waals surface area (Å²) in [6.45, 7) is 2.56. The highest BCUT2D eigenvalue weighted by Crippen LogP contribution is 2.29. The molecule has 0 unspecified atom stereocenters. The van der Waals surface area contributed by atoms with Gasteiger partial charge >= 0.3 is 5.69 Å². The molecule has 166 valence electrons. The molecule has 0 saturated carbocycles. The maximum Gasteiger partial charge on any atom is 0.323 e. The average Bonchev–Trinajstić information content (AvgIpc) is 3.37. The average molecular weight is 460 g/mol. The monoisotopic (exact) mass is 459 g/mol. The number of nitrogens with one attached hydrogen (secondary N) is 3. The second kappa shape index (κ2) is 8.87. The molecule has 1 amide bonds. The molecular formula is C24H21N5O3S. The number of rotatable bonds is 7. The largest absolute Gasteiger partial charge is 0.494 e. The van der Waals surface area contributed by atoms with Gasteiger partial charge in [0.05, 0.1) is 34.4 Å². The van der Waals surface area contributed by atoms with Crippen molar-refractivity contribution in [3.05, 3.63) is 77.2 Å². The molecule has 0 saturated heterocycles. The first-order valence-electron chi connectivity index (χ1n) is 10.5. The number of ether oxygens (including phenoxy) is 1. The van der Waals surface area contributed by atoms with E-state index < -0.39 is 0 Å².